The Hall–Kier alpha value is -3.04. The highest BCUT2D eigenvalue weighted by molar-refractivity contribution is 7.89. The minimum Gasteiger partial charge on any atom is -0.338 e. The highest BCUT2D eigenvalue weighted by atomic mass is 32.2. The first kappa shape index (κ1) is 17.4. The fraction of sp³-hybridized carbons (Fsp3) is 0.167. The number of aryl methyl sites for hydroxylation is 1. The number of amides is 1. The summed E-state index contributed by atoms with van der Waals surface area (Å²) in [6.45, 7) is 1.85. The topological polar surface area (TPSA) is 114 Å². The molecule has 1 aromatic heterocycles. The Bertz CT molecular complexity index is 1120. The van der Waals surface area contributed by atoms with Crippen LogP contribution in [0.15, 0.2) is 51.9 Å². The predicted octanol–water partition coefficient (Wildman–Crippen LogP) is 2.02. The van der Waals surface area contributed by atoms with Gasteiger partial charge in [-0.25, -0.2) is 13.1 Å². The molecule has 0 saturated carbocycles. The summed E-state index contributed by atoms with van der Waals surface area (Å²) in [7, 11) is -3.78. The molecule has 9 heteroatoms. The van der Waals surface area contributed by atoms with Crippen LogP contribution >= 0.6 is 0 Å². The van der Waals surface area contributed by atoms with Crippen LogP contribution in [-0.2, 0) is 27.8 Å². The van der Waals surface area contributed by atoms with E-state index in [9.17, 15) is 13.2 Å². The van der Waals surface area contributed by atoms with Gasteiger partial charge in [-0.3, -0.25) is 4.79 Å². The van der Waals surface area contributed by atoms with Crippen molar-refractivity contribution in [1.29, 1.82) is 0 Å². The summed E-state index contributed by atoms with van der Waals surface area (Å²) in [5.74, 6) is 0.403. The third-order valence-corrected chi connectivity index (χ3v) is 5.60. The van der Waals surface area contributed by atoms with E-state index in [-0.39, 0.29) is 29.7 Å². The van der Waals surface area contributed by atoms with Gasteiger partial charge in [-0.05, 0) is 30.7 Å². The van der Waals surface area contributed by atoms with Crippen molar-refractivity contribution in [3.8, 4) is 11.4 Å². The molecule has 1 aliphatic heterocycles. The Morgan fingerprint density at radius 2 is 1.96 bits per heavy atom. The molecule has 0 bridgehead atoms. The first-order valence-corrected chi connectivity index (χ1v) is 9.71. The second kappa shape index (κ2) is 6.60. The van der Waals surface area contributed by atoms with Gasteiger partial charge in [0.1, 0.15) is 0 Å². The minimum absolute atomic E-state index is 0.0797. The smallest absolute Gasteiger partial charge is 0.242 e. The predicted molar refractivity (Wildman–Crippen MR) is 97.3 cm³/mol. The molecule has 1 amide bonds. The molecule has 8 nitrogen and oxygen atoms in total. The third kappa shape index (κ3) is 3.60. The van der Waals surface area contributed by atoms with E-state index in [0.717, 1.165) is 11.1 Å². The number of anilines is 1. The van der Waals surface area contributed by atoms with E-state index in [1.165, 1.54) is 12.1 Å². The Morgan fingerprint density at radius 3 is 2.74 bits per heavy atom. The Kier molecular flexibility index (Phi) is 4.25. The molecule has 0 radical (unpaired) electrons. The number of nitrogens with zero attached hydrogens (tertiary/aromatic N) is 2. The minimum atomic E-state index is -3.78. The summed E-state index contributed by atoms with van der Waals surface area (Å²) in [6.07, 6.45) is 0.169. The largest absolute Gasteiger partial charge is 0.338 e. The van der Waals surface area contributed by atoms with E-state index in [1.807, 2.05) is 31.2 Å². The van der Waals surface area contributed by atoms with E-state index in [0.29, 0.717) is 17.1 Å². The van der Waals surface area contributed by atoms with Crippen LogP contribution in [-0.4, -0.2) is 24.5 Å². The molecule has 0 aliphatic carbocycles. The standard InChI is InChI=1S/C18H16N4O4S/c1-11-2-4-12(5-3-11)18-21-17(26-22-18)10-19-27(24,25)14-6-7-15-13(8-14)9-16(23)20-15/h2-8,19H,9-10H2,1H3,(H,20,23). The number of fused-ring (bicyclic) bond motifs is 1. The molecular formula is C18H16N4O4S. The maximum atomic E-state index is 12.5. The maximum absolute atomic E-state index is 12.5. The Morgan fingerprint density at radius 1 is 1.19 bits per heavy atom. The second-order valence-electron chi connectivity index (χ2n) is 6.25. The zero-order valence-corrected chi connectivity index (χ0v) is 15.2. The highest BCUT2D eigenvalue weighted by Crippen LogP contribution is 2.25. The lowest BCUT2D eigenvalue weighted by molar-refractivity contribution is -0.115. The molecule has 0 atom stereocenters. The molecule has 2 N–H and O–H groups in total. The van der Waals surface area contributed by atoms with Gasteiger partial charge in [0.25, 0.3) is 0 Å². The zero-order chi connectivity index (χ0) is 19.0. The summed E-state index contributed by atoms with van der Waals surface area (Å²) in [6, 6.07) is 12.1. The van der Waals surface area contributed by atoms with Crippen LogP contribution < -0.4 is 10.0 Å². The highest BCUT2D eigenvalue weighted by Gasteiger charge is 2.22. The van der Waals surface area contributed by atoms with Gasteiger partial charge in [0, 0.05) is 11.3 Å². The van der Waals surface area contributed by atoms with Crippen molar-refractivity contribution in [2.45, 2.75) is 24.8 Å². The van der Waals surface area contributed by atoms with Crippen LogP contribution in [0.1, 0.15) is 17.0 Å². The lowest BCUT2D eigenvalue weighted by Gasteiger charge is -2.06. The van der Waals surface area contributed by atoms with Crippen LogP contribution in [0.25, 0.3) is 11.4 Å². The first-order chi connectivity index (χ1) is 12.9. The molecule has 0 saturated heterocycles. The van der Waals surface area contributed by atoms with Gasteiger partial charge in [-0.2, -0.15) is 4.98 Å². The summed E-state index contributed by atoms with van der Waals surface area (Å²) < 4.78 is 32.6. The maximum Gasteiger partial charge on any atom is 0.242 e. The summed E-state index contributed by atoms with van der Waals surface area (Å²) >= 11 is 0. The van der Waals surface area contributed by atoms with Crippen LogP contribution in [0.5, 0.6) is 0 Å². The van der Waals surface area contributed by atoms with Gasteiger partial charge in [0.15, 0.2) is 0 Å². The van der Waals surface area contributed by atoms with Crippen molar-refractivity contribution >= 4 is 21.6 Å². The molecule has 2 heterocycles. The molecule has 0 fully saturated rings. The number of hydrogen-bond acceptors (Lipinski definition) is 6. The van der Waals surface area contributed by atoms with Crippen LogP contribution in [0.2, 0.25) is 0 Å². The molecule has 4 rings (SSSR count). The van der Waals surface area contributed by atoms with Crippen molar-refractivity contribution in [3.05, 3.63) is 59.5 Å². The van der Waals surface area contributed by atoms with Gasteiger partial charge in [0.2, 0.25) is 27.6 Å². The number of nitrogens with one attached hydrogen (secondary N) is 2. The van der Waals surface area contributed by atoms with E-state index in [1.54, 1.807) is 6.07 Å². The summed E-state index contributed by atoms with van der Waals surface area (Å²) in [4.78, 5) is 15.7. The van der Waals surface area contributed by atoms with Gasteiger partial charge >= 0.3 is 0 Å². The molecule has 3 aromatic rings. The van der Waals surface area contributed by atoms with Crippen LogP contribution in [0, 0.1) is 6.92 Å². The van der Waals surface area contributed by atoms with E-state index < -0.39 is 10.0 Å². The normalized spacial score (nSPS) is 13.4. The average molecular weight is 384 g/mol. The Labute approximate surface area is 155 Å². The number of benzene rings is 2. The van der Waals surface area contributed by atoms with E-state index in [2.05, 4.69) is 20.2 Å². The molecule has 2 aromatic carbocycles. The molecule has 27 heavy (non-hydrogen) atoms. The van der Waals surface area contributed by atoms with Crippen LogP contribution in [0.4, 0.5) is 5.69 Å². The summed E-state index contributed by atoms with van der Waals surface area (Å²) in [5, 5.41) is 6.55. The van der Waals surface area contributed by atoms with Crippen LogP contribution in [0.3, 0.4) is 0 Å². The fourth-order valence-corrected chi connectivity index (χ4v) is 3.78. The van der Waals surface area contributed by atoms with E-state index in [4.69, 9.17) is 4.52 Å². The number of carbonyl (C=O) groups excluding carboxylic acids is 1. The zero-order valence-electron chi connectivity index (χ0n) is 14.4. The number of hydrogen-bond donors (Lipinski definition) is 2. The third-order valence-electron chi connectivity index (χ3n) is 4.20. The lowest BCUT2D eigenvalue weighted by atomic mass is 10.1. The van der Waals surface area contributed by atoms with Gasteiger partial charge in [-0.1, -0.05) is 35.0 Å². The number of aromatic nitrogens is 2. The average Bonchev–Trinajstić information content (AvgIpc) is 3.25. The first-order valence-electron chi connectivity index (χ1n) is 8.23. The van der Waals surface area contributed by atoms with Gasteiger partial charge in [0.05, 0.1) is 17.9 Å². The van der Waals surface area contributed by atoms with Gasteiger partial charge < -0.3 is 9.84 Å². The quantitative estimate of drug-likeness (QED) is 0.696. The molecule has 1 aliphatic rings. The number of carbonyl (C=O) groups is 1. The van der Waals surface area contributed by atoms with Crippen molar-refractivity contribution in [3.63, 3.8) is 0 Å². The van der Waals surface area contributed by atoms with Crippen molar-refractivity contribution in [1.82, 2.24) is 14.9 Å². The number of rotatable bonds is 5. The fourth-order valence-electron chi connectivity index (χ4n) is 2.76. The molecule has 0 spiro atoms. The lowest BCUT2D eigenvalue weighted by Crippen LogP contribution is -2.23. The van der Waals surface area contributed by atoms with Gasteiger partial charge in [-0.15, -0.1) is 0 Å². The number of sulfonamides is 1. The molecule has 138 valence electrons. The van der Waals surface area contributed by atoms with Crippen molar-refractivity contribution < 1.29 is 17.7 Å². The molecular weight excluding hydrogens is 368 g/mol. The van der Waals surface area contributed by atoms with E-state index >= 15 is 0 Å². The second-order valence-corrected chi connectivity index (χ2v) is 8.01. The van der Waals surface area contributed by atoms with Crippen molar-refractivity contribution in [2.24, 2.45) is 0 Å². The SMILES string of the molecule is Cc1ccc(-c2noc(CNS(=O)(=O)c3ccc4c(c3)CC(=O)N4)n2)cc1. The molecule has 0 unspecified atom stereocenters. The Balaban J connectivity index is 1.48. The summed E-state index contributed by atoms with van der Waals surface area (Å²) in [5.41, 5.74) is 3.19. The monoisotopic (exact) mass is 384 g/mol. The van der Waals surface area contributed by atoms with Crippen molar-refractivity contribution in [2.75, 3.05) is 5.32 Å².